The zero-order chi connectivity index (χ0) is 14.8. The number of nitrogens with one attached hydrogen (secondary N) is 1. The van der Waals surface area contributed by atoms with Crippen molar-refractivity contribution in [2.45, 2.75) is 5.33 Å². The summed E-state index contributed by atoms with van der Waals surface area (Å²) in [6.45, 7) is 0. The second kappa shape index (κ2) is 5.69. The predicted octanol–water partition coefficient (Wildman–Crippen LogP) is 3.72. The number of para-hydroxylation sites is 1. The molecule has 1 heterocycles. The topological polar surface area (TPSA) is 46.9 Å². The smallest absolute Gasteiger partial charge is 0.276 e. The van der Waals surface area contributed by atoms with Gasteiger partial charge in [-0.2, -0.15) is 5.10 Å². The van der Waals surface area contributed by atoms with Crippen molar-refractivity contribution >= 4 is 38.4 Å². The van der Waals surface area contributed by atoms with Gasteiger partial charge in [0.05, 0.1) is 5.52 Å². The number of aryl methyl sites for hydroxylation is 1. The van der Waals surface area contributed by atoms with Crippen molar-refractivity contribution in [1.82, 2.24) is 9.78 Å². The first-order valence-corrected chi connectivity index (χ1v) is 7.69. The van der Waals surface area contributed by atoms with E-state index in [1.165, 1.54) is 0 Å². The number of alkyl halides is 1. The highest BCUT2D eigenvalue weighted by Gasteiger charge is 2.15. The number of halogens is 1. The van der Waals surface area contributed by atoms with Crippen LogP contribution in [0.4, 0.5) is 5.69 Å². The van der Waals surface area contributed by atoms with Gasteiger partial charge in [0.15, 0.2) is 5.69 Å². The minimum absolute atomic E-state index is 0.196. The van der Waals surface area contributed by atoms with Gasteiger partial charge < -0.3 is 5.32 Å². The summed E-state index contributed by atoms with van der Waals surface area (Å²) in [7, 11) is 1.84. The van der Waals surface area contributed by atoms with Crippen molar-refractivity contribution in [2.75, 3.05) is 5.32 Å². The van der Waals surface area contributed by atoms with Crippen LogP contribution < -0.4 is 5.32 Å². The van der Waals surface area contributed by atoms with Gasteiger partial charge in [0, 0.05) is 23.5 Å². The van der Waals surface area contributed by atoms with Crippen LogP contribution in [0.15, 0.2) is 48.5 Å². The number of fused-ring (bicyclic) bond motifs is 1. The van der Waals surface area contributed by atoms with Gasteiger partial charge >= 0.3 is 0 Å². The summed E-state index contributed by atoms with van der Waals surface area (Å²) in [5.41, 5.74) is 3.31. The lowest BCUT2D eigenvalue weighted by Crippen LogP contribution is -2.13. The minimum atomic E-state index is -0.196. The van der Waals surface area contributed by atoms with E-state index in [-0.39, 0.29) is 5.91 Å². The number of carbonyl (C=O) groups excluding carboxylic acids is 1. The molecule has 3 rings (SSSR count). The first kappa shape index (κ1) is 13.8. The number of anilines is 1. The molecule has 0 fully saturated rings. The summed E-state index contributed by atoms with van der Waals surface area (Å²) in [5.74, 6) is -0.196. The second-order valence-corrected chi connectivity index (χ2v) is 5.33. The summed E-state index contributed by atoms with van der Waals surface area (Å²) in [6, 6.07) is 15.4. The number of hydrogen-bond donors (Lipinski definition) is 1. The first-order chi connectivity index (χ1) is 10.2. The molecule has 0 atom stereocenters. The van der Waals surface area contributed by atoms with Crippen LogP contribution in [0, 0.1) is 0 Å². The second-order valence-electron chi connectivity index (χ2n) is 4.77. The molecular formula is C16H14BrN3O. The highest BCUT2D eigenvalue weighted by Crippen LogP contribution is 2.19. The van der Waals surface area contributed by atoms with Crippen LogP contribution in [0.25, 0.3) is 10.9 Å². The Kier molecular flexibility index (Phi) is 3.75. The van der Waals surface area contributed by atoms with Crippen LogP contribution >= 0.6 is 15.9 Å². The maximum absolute atomic E-state index is 12.4. The van der Waals surface area contributed by atoms with E-state index >= 15 is 0 Å². The van der Waals surface area contributed by atoms with Gasteiger partial charge in [-0.1, -0.05) is 46.3 Å². The van der Waals surface area contributed by atoms with Crippen LogP contribution in [0.5, 0.6) is 0 Å². The third-order valence-electron chi connectivity index (χ3n) is 3.34. The van der Waals surface area contributed by atoms with E-state index < -0.39 is 0 Å². The van der Waals surface area contributed by atoms with E-state index in [1.807, 2.05) is 55.6 Å². The predicted molar refractivity (Wildman–Crippen MR) is 87.7 cm³/mol. The fourth-order valence-corrected chi connectivity index (χ4v) is 2.62. The molecule has 0 spiro atoms. The van der Waals surface area contributed by atoms with Gasteiger partial charge in [-0.3, -0.25) is 9.48 Å². The average Bonchev–Trinajstić information content (AvgIpc) is 2.86. The molecule has 1 N–H and O–H groups in total. The Labute approximate surface area is 130 Å². The summed E-state index contributed by atoms with van der Waals surface area (Å²) >= 11 is 3.40. The Morgan fingerprint density at radius 1 is 1.19 bits per heavy atom. The van der Waals surface area contributed by atoms with Crippen molar-refractivity contribution in [3.8, 4) is 0 Å². The summed E-state index contributed by atoms with van der Waals surface area (Å²) in [5, 5.41) is 8.86. The van der Waals surface area contributed by atoms with E-state index in [0.29, 0.717) is 5.69 Å². The monoisotopic (exact) mass is 343 g/mol. The molecule has 21 heavy (non-hydrogen) atoms. The average molecular weight is 344 g/mol. The van der Waals surface area contributed by atoms with Crippen molar-refractivity contribution < 1.29 is 4.79 Å². The molecule has 0 saturated heterocycles. The van der Waals surface area contributed by atoms with Gasteiger partial charge in [-0.05, 0) is 23.8 Å². The maximum atomic E-state index is 12.4. The molecule has 0 radical (unpaired) electrons. The molecule has 3 aromatic rings. The number of amides is 1. The Balaban J connectivity index is 1.90. The largest absolute Gasteiger partial charge is 0.321 e. The lowest BCUT2D eigenvalue weighted by molar-refractivity contribution is 0.102. The molecule has 0 aliphatic rings. The Morgan fingerprint density at radius 2 is 1.90 bits per heavy atom. The van der Waals surface area contributed by atoms with Gasteiger partial charge in [0.1, 0.15) is 0 Å². The highest BCUT2D eigenvalue weighted by atomic mass is 79.9. The van der Waals surface area contributed by atoms with E-state index in [9.17, 15) is 4.79 Å². The standard InChI is InChI=1S/C16H14BrN3O/c1-20-14-5-3-2-4-13(14)15(19-20)16(21)18-12-8-6-11(10-17)7-9-12/h2-9H,10H2,1H3,(H,18,21). The number of aromatic nitrogens is 2. The number of rotatable bonds is 3. The number of nitrogens with zero attached hydrogens (tertiary/aromatic N) is 2. The molecule has 0 unspecified atom stereocenters. The Hall–Kier alpha value is -2.14. The van der Waals surface area contributed by atoms with Crippen LogP contribution in [-0.2, 0) is 12.4 Å². The lowest BCUT2D eigenvalue weighted by Gasteiger charge is -2.04. The molecule has 0 saturated carbocycles. The number of hydrogen-bond acceptors (Lipinski definition) is 2. The summed E-state index contributed by atoms with van der Waals surface area (Å²) in [6.07, 6.45) is 0. The van der Waals surface area contributed by atoms with Gasteiger partial charge in [-0.25, -0.2) is 0 Å². The molecule has 0 bridgehead atoms. The Morgan fingerprint density at radius 3 is 2.62 bits per heavy atom. The summed E-state index contributed by atoms with van der Waals surface area (Å²) < 4.78 is 1.72. The van der Waals surface area contributed by atoms with Gasteiger partial charge in [0.2, 0.25) is 0 Å². The van der Waals surface area contributed by atoms with Crippen molar-refractivity contribution in [3.05, 3.63) is 59.8 Å². The van der Waals surface area contributed by atoms with Crippen LogP contribution in [0.1, 0.15) is 16.1 Å². The molecular weight excluding hydrogens is 330 g/mol. The molecule has 0 aliphatic carbocycles. The molecule has 1 aromatic heterocycles. The van der Waals surface area contributed by atoms with Crippen LogP contribution in [-0.4, -0.2) is 15.7 Å². The van der Waals surface area contributed by atoms with Gasteiger partial charge in [-0.15, -0.1) is 0 Å². The zero-order valence-electron chi connectivity index (χ0n) is 11.5. The Bertz CT molecular complexity index is 793. The zero-order valence-corrected chi connectivity index (χ0v) is 13.1. The van der Waals surface area contributed by atoms with Crippen LogP contribution in [0.2, 0.25) is 0 Å². The molecule has 4 nitrogen and oxygen atoms in total. The minimum Gasteiger partial charge on any atom is -0.321 e. The maximum Gasteiger partial charge on any atom is 0.276 e. The van der Waals surface area contributed by atoms with Crippen molar-refractivity contribution in [1.29, 1.82) is 0 Å². The molecule has 106 valence electrons. The van der Waals surface area contributed by atoms with E-state index in [1.54, 1.807) is 4.68 Å². The molecule has 2 aromatic carbocycles. The van der Waals surface area contributed by atoms with Crippen LogP contribution in [0.3, 0.4) is 0 Å². The molecule has 5 heteroatoms. The first-order valence-electron chi connectivity index (χ1n) is 6.57. The third kappa shape index (κ3) is 2.69. The molecule has 0 aliphatic heterocycles. The SMILES string of the molecule is Cn1nc(C(=O)Nc2ccc(CBr)cc2)c2ccccc21. The fraction of sp³-hybridized carbons (Fsp3) is 0.125. The highest BCUT2D eigenvalue weighted by molar-refractivity contribution is 9.08. The van der Waals surface area contributed by atoms with E-state index in [2.05, 4.69) is 26.3 Å². The molecule has 1 amide bonds. The third-order valence-corrected chi connectivity index (χ3v) is 3.99. The van der Waals surface area contributed by atoms with E-state index in [0.717, 1.165) is 27.5 Å². The number of carbonyl (C=O) groups is 1. The number of benzene rings is 2. The normalized spacial score (nSPS) is 10.8. The fourth-order valence-electron chi connectivity index (χ4n) is 2.25. The van der Waals surface area contributed by atoms with Gasteiger partial charge in [0.25, 0.3) is 5.91 Å². The summed E-state index contributed by atoms with van der Waals surface area (Å²) in [4.78, 5) is 12.4. The lowest BCUT2D eigenvalue weighted by atomic mass is 10.2. The van der Waals surface area contributed by atoms with E-state index in [4.69, 9.17) is 0 Å². The quantitative estimate of drug-likeness (QED) is 0.736. The van der Waals surface area contributed by atoms with Crippen molar-refractivity contribution in [3.63, 3.8) is 0 Å². The van der Waals surface area contributed by atoms with Crippen molar-refractivity contribution in [2.24, 2.45) is 7.05 Å².